The molecule has 10 heteroatoms. The van der Waals surface area contributed by atoms with Crippen molar-refractivity contribution in [3.8, 4) is 0 Å². The van der Waals surface area contributed by atoms with Gasteiger partial charge in [-0.1, -0.05) is 6.07 Å². The van der Waals surface area contributed by atoms with Crippen molar-refractivity contribution in [3.05, 3.63) is 30.2 Å². The molecule has 0 aliphatic carbocycles. The molecule has 0 aliphatic heterocycles. The molecule has 0 saturated heterocycles. The first-order chi connectivity index (χ1) is 11.9. The first-order valence-electron chi connectivity index (χ1n) is 8.40. The fourth-order valence-corrected chi connectivity index (χ4v) is 3.13. The van der Waals surface area contributed by atoms with Gasteiger partial charge in [0.25, 0.3) is 0 Å². The van der Waals surface area contributed by atoms with E-state index in [1.54, 1.807) is 0 Å². The highest BCUT2D eigenvalue weighted by Gasteiger charge is 2.10. The van der Waals surface area contributed by atoms with Gasteiger partial charge in [-0.15, -0.1) is 34.2 Å². The summed E-state index contributed by atoms with van der Waals surface area (Å²) in [5, 5.41) is 14.7. The summed E-state index contributed by atoms with van der Waals surface area (Å²) in [5.74, 6) is 1.70. The number of sulfone groups is 1. The van der Waals surface area contributed by atoms with Crippen molar-refractivity contribution in [2.45, 2.75) is 32.7 Å². The van der Waals surface area contributed by atoms with Crippen LogP contribution in [-0.2, 0) is 16.3 Å². The van der Waals surface area contributed by atoms with E-state index in [1.165, 1.54) is 6.26 Å². The summed E-state index contributed by atoms with van der Waals surface area (Å²) < 4.78 is 24.5. The molecule has 0 fully saturated rings. The molecular weight excluding hydrogens is 467 g/mol. The van der Waals surface area contributed by atoms with Crippen molar-refractivity contribution in [1.29, 1.82) is 0 Å². The second kappa shape index (κ2) is 10.7. The molecule has 0 aromatic carbocycles. The second-order valence-electron chi connectivity index (χ2n) is 6.02. The van der Waals surface area contributed by atoms with Crippen LogP contribution in [0.5, 0.6) is 0 Å². The zero-order valence-electron chi connectivity index (χ0n) is 15.3. The molecule has 2 heterocycles. The zero-order valence-corrected chi connectivity index (χ0v) is 18.5. The zero-order chi connectivity index (χ0) is 18.3. The van der Waals surface area contributed by atoms with Crippen molar-refractivity contribution in [2.24, 2.45) is 4.99 Å². The maximum Gasteiger partial charge on any atom is 0.191 e. The number of fused-ring (bicyclic) bond motifs is 1. The van der Waals surface area contributed by atoms with Gasteiger partial charge in [0.2, 0.25) is 0 Å². The first-order valence-corrected chi connectivity index (χ1v) is 10.5. The van der Waals surface area contributed by atoms with Crippen LogP contribution in [0.25, 0.3) is 5.65 Å². The number of hydrogen-bond donors (Lipinski definition) is 2. The molecule has 0 amide bonds. The van der Waals surface area contributed by atoms with Gasteiger partial charge in [0.05, 0.1) is 5.75 Å². The third-order valence-electron chi connectivity index (χ3n) is 3.64. The number of nitrogens with zero attached hydrogens (tertiary/aromatic N) is 4. The van der Waals surface area contributed by atoms with E-state index in [9.17, 15) is 8.42 Å². The summed E-state index contributed by atoms with van der Waals surface area (Å²) in [5.41, 5.74) is 0.820. The Hall–Kier alpha value is -1.43. The molecule has 0 radical (unpaired) electrons. The summed E-state index contributed by atoms with van der Waals surface area (Å²) in [4.78, 5) is 4.54. The Labute approximate surface area is 171 Å². The predicted molar refractivity (Wildman–Crippen MR) is 115 cm³/mol. The van der Waals surface area contributed by atoms with Crippen molar-refractivity contribution in [2.75, 3.05) is 25.1 Å². The molecule has 2 aromatic rings. The maximum absolute atomic E-state index is 11.3. The van der Waals surface area contributed by atoms with Gasteiger partial charge in [-0.3, -0.25) is 9.39 Å². The fourth-order valence-electron chi connectivity index (χ4n) is 2.35. The number of rotatable bonds is 8. The van der Waals surface area contributed by atoms with E-state index >= 15 is 0 Å². The molecule has 2 rings (SSSR count). The van der Waals surface area contributed by atoms with Crippen molar-refractivity contribution < 1.29 is 8.42 Å². The molecule has 1 unspecified atom stereocenters. The van der Waals surface area contributed by atoms with Crippen LogP contribution in [0.3, 0.4) is 0 Å². The van der Waals surface area contributed by atoms with Crippen LogP contribution in [0, 0.1) is 0 Å². The number of pyridine rings is 1. The van der Waals surface area contributed by atoms with E-state index < -0.39 is 9.84 Å². The summed E-state index contributed by atoms with van der Waals surface area (Å²) in [7, 11) is -2.95. The highest BCUT2D eigenvalue weighted by atomic mass is 127. The van der Waals surface area contributed by atoms with Crippen molar-refractivity contribution >= 4 is 45.4 Å². The summed E-state index contributed by atoms with van der Waals surface area (Å²) in [6, 6.07) is 5.80. The highest BCUT2D eigenvalue weighted by Crippen LogP contribution is 2.03. The van der Waals surface area contributed by atoms with Crippen LogP contribution in [0.1, 0.15) is 26.1 Å². The van der Waals surface area contributed by atoms with Gasteiger partial charge >= 0.3 is 0 Å². The summed E-state index contributed by atoms with van der Waals surface area (Å²) in [6.45, 7) is 5.23. The van der Waals surface area contributed by atoms with E-state index in [0.29, 0.717) is 25.3 Å². The Bertz CT molecular complexity index is 821. The van der Waals surface area contributed by atoms with Gasteiger partial charge < -0.3 is 10.6 Å². The van der Waals surface area contributed by atoms with Gasteiger partial charge in [-0.2, -0.15) is 0 Å². The molecule has 0 spiro atoms. The molecule has 26 heavy (non-hydrogen) atoms. The lowest BCUT2D eigenvalue weighted by Crippen LogP contribution is -2.43. The smallest absolute Gasteiger partial charge is 0.191 e. The number of guanidine groups is 1. The van der Waals surface area contributed by atoms with E-state index in [0.717, 1.165) is 18.0 Å². The predicted octanol–water partition coefficient (Wildman–Crippen LogP) is 1.27. The maximum atomic E-state index is 11.3. The van der Waals surface area contributed by atoms with Gasteiger partial charge in [-0.25, -0.2) is 8.42 Å². The SMILES string of the molecule is CCNC(=NCCc1nnc2ccccn12)NC(C)CCS(C)(=O)=O.I. The minimum Gasteiger partial charge on any atom is -0.357 e. The summed E-state index contributed by atoms with van der Waals surface area (Å²) in [6.07, 6.45) is 4.39. The molecule has 0 aliphatic rings. The number of aliphatic imine (C=N–C) groups is 1. The second-order valence-corrected chi connectivity index (χ2v) is 8.28. The molecule has 2 aromatic heterocycles. The molecule has 1 atom stereocenters. The van der Waals surface area contributed by atoms with Gasteiger partial charge in [-0.05, 0) is 32.4 Å². The molecule has 0 bridgehead atoms. The van der Waals surface area contributed by atoms with E-state index in [4.69, 9.17) is 0 Å². The number of aromatic nitrogens is 3. The van der Waals surface area contributed by atoms with Crippen LogP contribution in [0.4, 0.5) is 0 Å². The van der Waals surface area contributed by atoms with Crippen LogP contribution in [-0.4, -0.2) is 60.1 Å². The van der Waals surface area contributed by atoms with E-state index in [-0.39, 0.29) is 35.8 Å². The number of hydrogen-bond acceptors (Lipinski definition) is 5. The van der Waals surface area contributed by atoms with Crippen LogP contribution < -0.4 is 10.6 Å². The minimum absolute atomic E-state index is 0. The molecule has 8 nitrogen and oxygen atoms in total. The average Bonchev–Trinajstić information content (AvgIpc) is 2.96. The highest BCUT2D eigenvalue weighted by molar-refractivity contribution is 14.0. The largest absolute Gasteiger partial charge is 0.357 e. The summed E-state index contributed by atoms with van der Waals surface area (Å²) >= 11 is 0. The lowest BCUT2D eigenvalue weighted by Gasteiger charge is -2.17. The average molecular weight is 494 g/mol. The first kappa shape index (κ1) is 22.6. The molecule has 2 N–H and O–H groups in total. The van der Waals surface area contributed by atoms with Crippen LogP contribution >= 0.6 is 24.0 Å². The third-order valence-corrected chi connectivity index (χ3v) is 4.62. The van der Waals surface area contributed by atoms with Gasteiger partial charge in [0, 0.05) is 38.0 Å². The molecule has 146 valence electrons. The lowest BCUT2D eigenvalue weighted by molar-refractivity contribution is 0.581. The normalized spacial score (nSPS) is 13.3. The number of halogens is 1. The van der Waals surface area contributed by atoms with E-state index in [1.807, 2.05) is 42.6 Å². The third kappa shape index (κ3) is 7.44. The minimum atomic E-state index is -2.95. The Morgan fingerprint density at radius 2 is 2.12 bits per heavy atom. The Kier molecular flexibility index (Phi) is 9.27. The Morgan fingerprint density at radius 1 is 1.35 bits per heavy atom. The lowest BCUT2D eigenvalue weighted by atomic mass is 10.3. The van der Waals surface area contributed by atoms with Crippen LogP contribution in [0.2, 0.25) is 0 Å². The molecule has 0 saturated carbocycles. The fraction of sp³-hybridized carbons (Fsp3) is 0.562. The van der Waals surface area contributed by atoms with Gasteiger partial charge in [0.15, 0.2) is 11.6 Å². The Balaban J connectivity index is 0.00000338. The number of nitrogens with one attached hydrogen (secondary N) is 2. The quantitative estimate of drug-likeness (QED) is 0.326. The standard InChI is InChI=1S/C16H26N6O2S.HI/c1-4-17-16(19-13(2)9-12-25(3,23)24)18-10-8-15-21-20-14-7-5-6-11-22(14)15;/h5-7,11,13H,4,8-10,12H2,1-3H3,(H2,17,18,19);1H. The van der Waals surface area contributed by atoms with Crippen molar-refractivity contribution in [3.63, 3.8) is 0 Å². The van der Waals surface area contributed by atoms with Crippen LogP contribution in [0.15, 0.2) is 29.4 Å². The van der Waals surface area contributed by atoms with Gasteiger partial charge in [0.1, 0.15) is 15.7 Å². The van der Waals surface area contributed by atoms with Crippen molar-refractivity contribution in [1.82, 2.24) is 25.2 Å². The molecular formula is C16H27IN6O2S. The monoisotopic (exact) mass is 494 g/mol. The Morgan fingerprint density at radius 3 is 2.81 bits per heavy atom. The topological polar surface area (TPSA) is 101 Å². The van der Waals surface area contributed by atoms with E-state index in [2.05, 4.69) is 25.8 Å².